The van der Waals surface area contributed by atoms with Crippen LogP contribution in [0.25, 0.3) is 0 Å². The maximum absolute atomic E-state index is 14.9. The first-order valence-corrected chi connectivity index (χ1v) is 22.5. The molecule has 0 aromatic heterocycles. The number of nitrogens with zero attached hydrogens (tertiary/aromatic N) is 1. The lowest BCUT2D eigenvalue weighted by Gasteiger charge is -2.71. The molecule has 2 spiro atoms. The molecular weight excluding hydrogens is 733 g/mol. The van der Waals surface area contributed by atoms with Crippen molar-refractivity contribution in [2.75, 3.05) is 26.2 Å². The van der Waals surface area contributed by atoms with Crippen LogP contribution in [0.2, 0.25) is 0 Å². The Kier molecular flexibility index (Phi) is 9.43. The average molecular weight is 796 g/mol. The summed E-state index contributed by atoms with van der Waals surface area (Å²) < 4.78 is 35.0. The van der Waals surface area contributed by atoms with Crippen molar-refractivity contribution in [3.05, 3.63) is 95.1 Å². The molecule has 0 saturated heterocycles. The van der Waals surface area contributed by atoms with Gasteiger partial charge in [0.25, 0.3) is 0 Å². The maximum Gasteiger partial charge on any atom is 0.189 e. The molecule has 12 rings (SSSR count). The summed E-state index contributed by atoms with van der Waals surface area (Å²) in [5, 5.41) is 36.1. The fraction of sp³-hybridized carbons (Fsp3) is 0.660. The molecule has 58 heavy (non-hydrogen) atoms. The summed E-state index contributed by atoms with van der Waals surface area (Å²) in [5.74, 6) is 0.0877. The van der Waals surface area contributed by atoms with E-state index in [1.165, 1.54) is 44.6 Å². The molecule has 10 aliphatic carbocycles. The number of hydrogen-bond donors (Lipinski definition) is 3. The van der Waals surface area contributed by atoms with Gasteiger partial charge in [-0.3, -0.25) is 9.69 Å². The van der Waals surface area contributed by atoms with E-state index in [0.29, 0.717) is 44.5 Å². The minimum Gasteiger partial charge on any atom is -0.393 e. The zero-order valence-corrected chi connectivity index (χ0v) is 34.5. The van der Waals surface area contributed by atoms with Crippen molar-refractivity contribution in [1.82, 2.24) is 4.90 Å². The van der Waals surface area contributed by atoms with Crippen molar-refractivity contribution in [1.29, 1.82) is 0 Å². The lowest BCUT2D eigenvalue weighted by Crippen LogP contribution is -2.67. The van der Waals surface area contributed by atoms with Crippen LogP contribution in [-0.2, 0) is 11.3 Å². The standard InChI is InChI=1S/C50H63F2NO5/c1-45-13-10-37(54)25-48(45)16-17-50(39(26-48)44(56)36-8-9-40(51)41(52)21-36)42(45)11-14-46(2)43(50)12-15-49(46,57)31-53(27-38(55)29-58-28-32-6-4-3-5-7-32)30-47-22-33-18-34(23-47)20-35(19-33)24-47/h3-9,16-17,21,26,33-35,37-38,42-43,54-55,57H,10-15,18-20,22-25,27-31H2,1-2H3. The van der Waals surface area contributed by atoms with Crippen LogP contribution in [0.5, 0.6) is 0 Å². The molecule has 312 valence electrons. The van der Waals surface area contributed by atoms with E-state index in [9.17, 15) is 28.9 Å². The summed E-state index contributed by atoms with van der Waals surface area (Å²) in [6.45, 7) is 7.01. The number of halogens is 2. The predicted molar refractivity (Wildman–Crippen MR) is 218 cm³/mol. The van der Waals surface area contributed by atoms with Crippen LogP contribution in [0.4, 0.5) is 8.78 Å². The largest absolute Gasteiger partial charge is 0.393 e. The molecule has 6 bridgehead atoms. The number of hydrogen-bond acceptors (Lipinski definition) is 6. The predicted octanol–water partition coefficient (Wildman–Crippen LogP) is 8.83. The molecule has 7 fully saturated rings. The summed E-state index contributed by atoms with van der Waals surface area (Å²) in [5.41, 5.74) is -1.01. The Labute approximate surface area is 343 Å². The zero-order chi connectivity index (χ0) is 40.3. The summed E-state index contributed by atoms with van der Waals surface area (Å²) in [7, 11) is 0. The van der Waals surface area contributed by atoms with Gasteiger partial charge < -0.3 is 20.1 Å². The van der Waals surface area contributed by atoms with Gasteiger partial charge >= 0.3 is 0 Å². The third-order valence-corrected chi connectivity index (χ3v) is 18.2. The normalized spacial score (nSPS) is 43.6. The van der Waals surface area contributed by atoms with Gasteiger partial charge in [-0.25, -0.2) is 8.78 Å². The zero-order valence-electron chi connectivity index (χ0n) is 34.5. The molecular formula is C50H63F2NO5. The SMILES string of the molecule is CC12CCC(O)CC13C=CC1(C(C(=O)c4ccc(F)c(F)c4)=C3)C2CCC2(C)C1CCC2(O)CN(CC(O)COCc1ccccc1)CC12CC3CC(CC(C3)C1)C2. The van der Waals surface area contributed by atoms with E-state index in [1.807, 2.05) is 30.3 Å². The second kappa shape index (κ2) is 13.9. The number of aliphatic hydroxyl groups excluding tert-OH is 2. The maximum atomic E-state index is 14.9. The van der Waals surface area contributed by atoms with Crippen LogP contribution >= 0.6 is 0 Å². The first kappa shape index (κ1) is 39.4. The van der Waals surface area contributed by atoms with E-state index in [0.717, 1.165) is 67.7 Å². The van der Waals surface area contributed by atoms with Crippen LogP contribution < -0.4 is 0 Å². The smallest absolute Gasteiger partial charge is 0.189 e. The van der Waals surface area contributed by atoms with Crippen LogP contribution in [0, 0.1) is 68.3 Å². The number of rotatable bonds is 12. The number of aliphatic hydroxyl groups is 3. The van der Waals surface area contributed by atoms with Crippen LogP contribution in [0.3, 0.4) is 0 Å². The minimum absolute atomic E-state index is 0.0667. The molecule has 0 radical (unpaired) electrons. The molecule has 0 aliphatic heterocycles. The van der Waals surface area contributed by atoms with Gasteiger partial charge in [-0.05, 0) is 148 Å². The second-order valence-electron chi connectivity index (χ2n) is 21.5. The first-order valence-electron chi connectivity index (χ1n) is 22.5. The van der Waals surface area contributed by atoms with Crippen molar-refractivity contribution in [3.8, 4) is 0 Å². The highest BCUT2D eigenvalue weighted by molar-refractivity contribution is 6.10. The Morgan fingerprint density at radius 2 is 1.52 bits per heavy atom. The van der Waals surface area contributed by atoms with E-state index in [-0.39, 0.29) is 40.6 Å². The summed E-state index contributed by atoms with van der Waals surface area (Å²) in [6.07, 6.45) is 18.3. The van der Waals surface area contributed by atoms with Gasteiger partial charge in [-0.2, -0.15) is 0 Å². The number of benzene rings is 2. The van der Waals surface area contributed by atoms with E-state index in [1.54, 1.807) is 0 Å². The van der Waals surface area contributed by atoms with Crippen LogP contribution in [0.1, 0.15) is 113 Å². The van der Waals surface area contributed by atoms with Gasteiger partial charge in [0.05, 0.1) is 31.0 Å². The highest BCUT2D eigenvalue weighted by atomic mass is 19.2. The molecule has 6 nitrogen and oxygen atoms in total. The lowest BCUT2D eigenvalue weighted by molar-refractivity contribution is -0.179. The van der Waals surface area contributed by atoms with Gasteiger partial charge in [0.15, 0.2) is 17.4 Å². The highest BCUT2D eigenvalue weighted by Gasteiger charge is 2.74. The number of allylic oxidation sites excluding steroid dienone is 4. The van der Waals surface area contributed by atoms with E-state index >= 15 is 0 Å². The molecule has 2 aromatic carbocycles. The summed E-state index contributed by atoms with van der Waals surface area (Å²) in [4.78, 5) is 17.3. The number of carbonyl (C=O) groups is 1. The van der Waals surface area contributed by atoms with E-state index in [4.69, 9.17) is 4.74 Å². The Morgan fingerprint density at radius 3 is 2.22 bits per heavy atom. The average Bonchev–Trinajstić information content (AvgIpc) is 3.44. The molecule has 0 amide bonds. The summed E-state index contributed by atoms with van der Waals surface area (Å²) in [6, 6.07) is 13.5. The number of fused-ring (bicyclic) bond motifs is 1. The van der Waals surface area contributed by atoms with E-state index < -0.39 is 45.7 Å². The topological polar surface area (TPSA) is 90.2 Å². The quantitative estimate of drug-likeness (QED) is 0.147. The third kappa shape index (κ3) is 5.95. The number of ketones is 1. The number of ether oxygens (including phenoxy) is 1. The van der Waals surface area contributed by atoms with Gasteiger partial charge in [-0.15, -0.1) is 0 Å². The Morgan fingerprint density at radius 1 is 0.845 bits per heavy atom. The molecule has 2 aromatic rings. The summed E-state index contributed by atoms with van der Waals surface area (Å²) >= 11 is 0. The Hall–Kier alpha value is -2.75. The van der Waals surface area contributed by atoms with Gasteiger partial charge in [0, 0.05) is 47.0 Å². The second-order valence-corrected chi connectivity index (χ2v) is 21.5. The fourth-order valence-corrected chi connectivity index (χ4v) is 16.1. The monoisotopic (exact) mass is 795 g/mol. The van der Waals surface area contributed by atoms with Crippen molar-refractivity contribution in [2.24, 2.45) is 56.7 Å². The van der Waals surface area contributed by atoms with Crippen molar-refractivity contribution in [3.63, 3.8) is 0 Å². The molecule has 8 heteroatoms. The van der Waals surface area contributed by atoms with E-state index in [2.05, 4.69) is 37.0 Å². The van der Waals surface area contributed by atoms with Gasteiger partial charge in [0.1, 0.15) is 0 Å². The van der Waals surface area contributed by atoms with Crippen molar-refractivity contribution < 1.29 is 33.6 Å². The van der Waals surface area contributed by atoms with Crippen LogP contribution in [-0.4, -0.2) is 70.1 Å². The molecule has 0 heterocycles. The van der Waals surface area contributed by atoms with Crippen LogP contribution in [0.15, 0.2) is 72.3 Å². The third-order valence-electron chi connectivity index (χ3n) is 18.2. The fourth-order valence-electron chi connectivity index (χ4n) is 16.1. The van der Waals surface area contributed by atoms with Gasteiger partial charge in [0.2, 0.25) is 0 Å². The number of carbonyl (C=O) groups excluding carboxylic acids is 1. The molecule has 3 N–H and O–H groups in total. The molecule has 9 unspecified atom stereocenters. The molecule has 9 atom stereocenters. The minimum atomic E-state index is -1.08. The van der Waals surface area contributed by atoms with Crippen molar-refractivity contribution >= 4 is 5.78 Å². The highest BCUT2D eigenvalue weighted by Crippen LogP contribution is 2.78. The molecule has 7 saturated carbocycles. The Bertz CT molecular complexity index is 1970. The van der Waals surface area contributed by atoms with Gasteiger partial charge in [-0.1, -0.05) is 62.4 Å². The number of Topliss-reactive ketones (excluding diaryl/α,β-unsaturated/α-hetero) is 1. The molecule has 10 aliphatic rings. The van der Waals surface area contributed by atoms with Crippen molar-refractivity contribution in [2.45, 2.75) is 122 Å². The Balaban J connectivity index is 0.980. The lowest BCUT2D eigenvalue weighted by atomic mass is 9.32. The first-order chi connectivity index (χ1) is 27.7.